The van der Waals surface area contributed by atoms with Gasteiger partial charge in [-0.3, -0.25) is 43.7 Å². The predicted octanol–water partition coefficient (Wildman–Crippen LogP) is 4.56. The molecule has 1 saturated heterocycles. The number of piperidine rings is 1. The Bertz CT molecular complexity index is 2870. The average molecular weight is 943 g/mol. The van der Waals surface area contributed by atoms with Crippen LogP contribution in [0.15, 0.2) is 48.5 Å². The minimum absolute atomic E-state index is 0.00212. The topological polar surface area (TPSA) is 240 Å². The Kier molecular flexibility index (Phi) is 14.3. The molecule has 0 bridgehead atoms. The number of para-hydroxylation sites is 1. The van der Waals surface area contributed by atoms with E-state index < -0.39 is 57.3 Å². The Balaban J connectivity index is 0.908. The van der Waals surface area contributed by atoms with E-state index >= 15 is 0 Å². The summed E-state index contributed by atoms with van der Waals surface area (Å²) in [6.07, 6.45) is 0.857. The van der Waals surface area contributed by atoms with Gasteiger partial charge in [-0.15, -0.1) is 0 Å². The molecule has 4 heterocycles. The number of fused-ring (bicyclic) bond motifs is 2. The van der Waals surface area contributed by atoms with E-state index in [1.165, 1.54) is 6.07 Å². The molecule has 2 aliphatic heterocycles. The average Bonchev–Trinajstić information content (AvgIpc) is 3.86. The molecule has 1 unspecified atom stereocenters. The maximum atomic E-state index is 13.9. The summed E-state index contributed by atoms with van der Waals surface area (Å²) in [5.74, 6) is -3.64. The van der Waals surface area contributed by atoms with Gasteiger partial charge in [0.05, 0.1) is 47.9 Å². The van der Waals surface area contributed by atoms with Crippen LogP contribution in [0.5, 0.6) is 5.75 Å². The van der Waals surface area contributed by atoms with Crippen molar-refractivity contribution in [1.82, 2.24) is 35.0 Å². The highest BCUT2D eigenvalue weighted by Gasteiger charge is 2.45. The smallest absolute Gasteiger partial charge is 0.281 e. The van der Waals surface area contributed by atoms with Crippen molar-refractivity contribution >= 4 is 73.7 Å². The molecule has 0 spiro atoms. The molecule has 0 aliphatic carbocycles. The number of aromatic amines is 1. The third-order valence-electron chi connectivity index (χ3n) is 11.6. The van der Waals surface area contributed by atoms with Crippen LogP contribution in [0.3, 0.4) is 0 Å². The van der Waals surface area contributed by atoms with Gasteiger partial charge in [-0.1, -0.05) is 35.9 Å². The van der Waals surface area contributed by atoms with Crippen molar-refractivity contribution in [2.45, 2.75) is 65.8 Å². The molecule has 1 fully saturated rings. The van der Waals surface area contributed by atoms with E-state index in [0.29, 0.717) is 47.0 Å². The van der Waals surface area contributed by atoms with Gasteiger partial charge in [0.1, 0.15) is 17.5 Å². The summed E-state index contributed by atoms with van der Waals surface area (Å²) in [4.78, 5) is 81.0. The molecule has 3 aromatic carbocycles. The number of anilines is 1. The number of halogens is 1. The quantitative estimate of drug-likeness (QED) is 0.0566. The number of carbonyl (C=O) groups is 6. The summed E-state index contributed by atoms with van der Waals surface area (Å²) in [6.45, 7) is 8.04. The molecule has 2 aliphatic rings. The summed E-state index contributed by atoms with van der Waals surface area (Å²) in [5, 5.41) is 13.8. The largest absolute Gasteiger partial charge is 0.494 e. The number of ether oxygens (including phenoxy) is 2. The second-order valence-electron chi connectivity index (χ2n) is 16.3. The number of imide groups is 2. The molecule has 5 aromatic rings. The van der Waals surface area contributed by atoms with E-state index in [0.717, 1.165) is 43.9 Å². The van der Waals surface area contributed by atoms with Crippen molar-refractivity contribution in [2.24, 2.45) is 7.05 Å². The molecular formula is C46H51ClN8O10S. The number of H-pyrrole nitrogens is 1. The van der Waals surface area contributed by atoms with Gasteiger partial charge in [-0.2, -0.15) is 5.10 Å². The van der Waals surface area contributed by atoms with Crippen LogP contribution in [-0.2, 0) is 42.6 Å². The van der Waals surface area contributed by atoms with E-state index in [9.17, 15) is 37.2 Å². The summed E-state index contributed by atoms with van der Waals surface area (Å²) >= 11 is 6.34. The second-order valence-corrected chi connectivity index (χ2v) is 18.5. The van der Waals surface area contributed by atoms with Crippen LogP contribution in [0.1, 0.15) is 85.0 Å². The van der Waals surface area contributed by atoms with Crippen molar-refractivity contribution < 1.29 is 46.7 Å². The molecule has 20 heteroatoms. The Labute approximate surface area is 386 Å². The number of amides is 6. The summed E-state index contributed by atoms with van der Waals surface area (Å²) in [6, 6.07) is 13.1. The molecule has 66 heavy (non-hydrogen) atoms. The highest BCUT2D eigenvalue weighted by molar-refractivity contribution is 7.90. The number of aromatic nitrogens is 3. The number of benzene rings is 3. The maximum Gasteiger partial charge on any atom is 0.281 e. The fourth-order valence-corrected chi connectivity index (χ4v) is 9.34. The zero-order chi connectivity index (χ0) is 47.4. The first-order valence-electron chi connectivity index (χ1n) is 21.5. The highest BCUT2D eigenvalue weighted by Crippen LogP contribution is 2.36. The fourth-order valence-electron chi connectivity index (χ4n) is 8.37. The molecule has 6 amide bonds. The first kappa shape index (κ1) is 47.4. The van der Waals surface area contributed by atoms with Gasteiger partial charge in [0.2, 0.25) is 27.7 Å². The lowest BCUT2D eigenvalue weighted by atomic mass is 9.98. The Morgan fingerprint density at radius 2 is 1.65 bits per heavy atom. The standard InChI is InChI=1S/C46H51ClN8O10S/c1-25-23-29(24-26(2)40(25)47)65-19-8-12-31-30-9-6-10-32(38-27(3)52-54(5)28(38)4)41(30)51-42(31)44(59)53-66(62,63)22-18-49-36(56)16-20-64-21-17-48-34-13-7-11-33-39(34)46(61)55(45(33)60)35-14-15-37(57)50-43(35)58/h6-7,9-11,13,23-24,35,48,51H,8,12,14-22H2,1-5H3,(H,49,56)(H,53,59)(H,50,57,58). The SMILES string of the molecule is Cc1cc(OCCCc2c(C(=O)NS(=O)(=O)CCNC(=O)CCOCCNc3cccc4c3C(=O)N(C3CCC(=O)NC3=O)C4=O)[nH]c3c(-c4c(C)nn(C)c4C)cccc23)cc(C)c1Cl. The molecule has 348 valence electrons. The summed E-state index contributed by atoms with van der Waals surface area (Å²) in [5.41, 5.74) is 7.22. The predicted molar refractivity (Wildman–Crippen MR) is 246 cm³/mol. The zero-order valence-corrected chi connectivity index (χ0v) is 38.8. The van der Waals surface area contributed by atoms with E-state index in [2.05, 4.69) is 30.8 Å². The number of aryl methyl sites for hydroxylation is 5. The van der Waals surface area contributed by atoms with Crippen LogP contribution in [-0.4, -0.2) is 108 Å². The lowest BCUT2D eigenvalue weighted by molar-refractivity contribution is -0.136. The summed E-state index contributed by atoms with van der Waals surface area (Å²) in [7, 11) is -2.36. The lowest BCUT2D eigenvalue weighted by Gasteiger charge is -2.27. The molecule has 1 atom stereocenters. The van der Waals surface area contributed by atoms with E-state index in [1.54, 1.807) is 16.8 Å². The third-order valence-corrected chi connectivity index (χ3v) is 13.5. The summed E-state index contributed by atoms with van der Waals surface area (Å²) < 4.78 is 42.1. The number of nitrogens with one attached hydrogen (secondary N) is 5. The van der Waals surface area contributed by atoms with Crippen molar-refractivity contribution in [3.63, 3.8) is 0 Å². The molecule has 2 aromatic heterocycles. The Morgan fingerprint density at radius 3 is 2.36 bits per heavy atom. The van der Waals surface area contributed by atoms with Gasteiger partial charge >= 0.3 is 0 Å². The normalized spacial score (nSPS) is 15.0. The van der Waals surface area contributed by atoms with Crippen LogP contribution >= 0.6 is 11.6 Å². The van der Waals surface area contributed by atoms with Crippen molar-refractivity contribution in [3.05, 3.63) is 98.5 Å². The molecule has 0 radical (unpaired) electrons. The van der Waals surface area contributed by atoms with Crippen molar-refractivity contribution in [2.75, 3.05) is 44.0 Å². The molecule has 5 N–H and O–H groups in total. The Hall–Kier alpha value is -6.57. The van der Waals surface area contributed by atoms with E-state index in [-0.39, 0.29) is 62.4 Å². The van der Waals surface area contributed by atoms with Gasteiger partial charge in [-0.25, -0.2) is 13.1 Å². The van der Waals surface area contributed by atoms with Crippen LogP contribution in [0.25, 0.3) is 22.0 Å². The van der Waals surface area contributed by atoms with Crippen LogP contribution in [0.2, 0.25) is 5.02 Å². The van der Waals surface area contributed by atoms with Gasteiger partial charge in [0, 0.05) is 65.9 Å². The Morgan fingerprint density at radius 1 is 0.924 bits per heavy atom. The van der Waals surface area contributed by atoms with Gasteiger partial charge < -0.3 is 25.1 Å². The highest BCUT2D eigenvalue weighted by atomic mass is 35.5. The second kappa shape index (κ2) is 19.9. The van der Waals surface area contributed by atoms with Crippen molar-refractivity contribution in [1.29, 1.82) is 0 Å². The monoisotopic (exact) mass is 942 g/mol. The first-order chi connectivity index (χ1) is 31.5. The molecule has 18 nitrogen and oxygen atoms in total. The number of nitrogens with zero attached hydrogens (tertiary/aromatic N) is 3. The lowest BCUT2D eigenvalue weighted by Crippen LogP contribution is -2.54. The number of sulfonamides is 1. The zero-order valence-electron chi connectivity index (χ0n) is 37.2. The fraction of sp³-hybridized carbons (Fsp3) is 0.370. The van der Waals surface area contributed by atoms with Gasteiger partial charge in [0.25, 0.3) is 17.7 Å². The van der Waals surface area contributed by atoms with Crippen LogP contribution < -0.4 is 25.4 Å². The van der Waals surface area contributed by atoms with E-state index in [4.69, 9.17) is 21.1 Å². The minimum Gasteiger partial charge on any atom is -0.494 e. The van der Waals surface area contributed by atoms with Gasteiger partial charge in [0.15, 0.2) is 0 Å². The number of carbonyl (C=O) groups excluding carboxylic acids is 6. The van der Waals surface area contributed by atoms with Crippen LogP contribution in [0, 0.1) is 27.7 Å². The number of hydrogen-bond donors (Lipinski definition) is 5. The molecule has 0 saturated carbocycles. The van der Waals surface area contributed by atoms with Gasteiger partial charge in [-0.05, 0) is 87.9 Å². The maximum absolute atomic E-state index is 13.9. The van der Waals surface area contributed by atoms with E-state index in [1.807, 2.05) is 65.1 Å². The van der Waals surface area contributed by atoms with Crippen LogP contribution in [0.4, 0.5) is 5.69 Å². The number of hydrogen-bond acceptors (Lipinski definition) is 12. The first-order valence-corrected chi connectivity index (χ1v) is 23.5. The number of rotatable bonds is 19. The molecule has 7 rings (SSSR count). The minimum atomic E-state index is -4.21. The molecular weight excluding hydrogens is 892 g/mol. The third kappa shape index (κ3) is 10.1. The van der Waals surface area contributed by atoms with Crippen molar-refractivity contribution in [3.8, 4) is 16.9 Å².